The highest BCUT2D eigenvalue weighted by Gasteiger charge is 2.43. The van der Waals surface area contributed by atoms with E-state index in [4.69, 9.17) is 10.3 Å². The van der Waals surface area contributed by atoms with Gasteiger partial charge in [-0.3, -0.25) is 4.79 Å². The zero-order valence-corrected chi connectivity index (χ0v) is 16.3. The van der Waals surface area contributed by atoms with Crippen molar-refractivity contribution in [3.8, 4) is 5.69 Å². The van der Waals surface area contributed by atoms with Gasteiger partial charge in [0.15, 0.2) is 17.1 Å². The van der Waals surface area contributed by atoms with Gasteiger partial charge in [0, 0.05) is 17.8 Å². The van der Waals surface area contributed by atoms with Crippen molar-refractivity contribution < 1.29 is 22.5 Å². The molecular formula is C21H16F3N5O2. The molecule has 2 aromatic carbocycles. The summed E-state index contributed by atoms with van der Waals surface area (Å²) in [6.07, 6.45) is -4.66. The number of nitrogens with two attached hydrogens (primary N) is 1. The van der Waals surface area contributed by atoms with Crippen LogP contribution in [0.5, 0.6) is 0 Å². The Morgan fingerprint density at radius 3 is 2.52 bits per heavy atom. The van der Waals surface area contributed by atoms with Crippen molar-refractivity contribution >= 4 is 28.4 Å². The predicted octanol–water partition coefficient (Wildman–Crippen LogP) is 4.13. The van der Waals surface area contributed by atoms with Gasteiger partial charge in [-0.15, -0.1) is 0 Å². The number of aromatic nitrogens is 3. The molecule has 3 heterocycles. The van der Waals surface area contributed by atoms with Crippen LogP contribution in [0.25, 0.3) is 16.7 Å². The Labute approximate surface area is 173 Å². The summed E-state index contributed by atoms with van der Waals surface area (Å²) in [7, 11) is 0. The highest BCUT2D eigenvalue weighted by Crippen LogP contribution is 2.37. The van der Waals surface area contributed by atoms with E-state index in [0.717, 1.165) is 10.2 Å². The van der Waals surface area contributed by atoms with Crippen LogP contribution in [0.4, 0.5) is 24.7 Å². The van der Waals surface area contributed by atoms with Gasteiger partial charge in [0.2, 0.25) is 0 Å². The van der Waals surface area contributed by atoms with Gasteiger partial charge in [-0.2, -0.15) is 18.3 Å². The number of halogens is 3. The number of alkyl halides is 3. The summed E-state index contributed by atoms with van der Waals surface area (Å²) >= 11 is 0. The fourth-order valence-electron chi connectivity index (χ4n) is 3.82. The van der Waals surface area contributed by atoms with Crippen molar-refractivity contribution in [2.24, 2.45) is 0 Å². The lowest BCUT2D eigenvalue weighted by Crippen LogP contribution is -2.39. The second kappa shape index (κ2) is 6.59. The minimum Gasteiger partial charge on any atom is -0.380 e. The summed E-state index contributed by atoms with van der Waals surface area (Å²) < 4.78 is 47.2. The Bertz CT molecular complexity index is 1320. The van der Waals surface area contributed by atoms with E-state index in [9.17, 15) is 18.0 Å². The fraction of sp³-hybridized carbons (Fsp3) is 0.190. The molecule has 10 heteroatoms. The SMILES string of the molecule is Cc1ccc(N2CCc3c(C(F)(F)F)nn(-c4ccc5onc(N)c5c4)c3C2=O)cc1. The number of anilines is 2. The van der Waals surface area contributed by atoms with Gasteiger partial charge in [0.1, 0.15) is 5.69 Å². The van der Waals surface area contributed by atoms with Crippen molar-refractivity contribution in [2.45, 2.75) is 19.5 Å². The summed E-state index contributed by atoms with van der Waals surface area (Å²) in [5.74, 6) is -0.451. The second-order valence-corrected chi connectivity index (χ2v) is 7.38. The van der Waals surface area contributed by atoms with Crippen molar-refractivity contribution in [3.05, 3.63) is 65.0 Å². The number of aryl methyl sites for hydroxylation is 1. The molecule has 0 spiro atoms. The number of nitrogens with zero attached hydrogens (tertiary/aromatic N) is 4. The molecule has 31 heavy (non-hydrogen) atoms. The Morgan fingerprint density at radius 2 is 1.81 bits per heavy atom. The number of amides is 1. The van der Waals surface area contributed by atoms with E-state index >= 15 is 0 Å². The van der Waals surface area contributed by atoms with Crippen molar-refractivity contribution in [2.75, 3.05) is 17.2 Å². The molecule has 0 unspecified atom stereocenters. The topological polar surface area (TPSA) is 90.2 Å². The summed E-state index contributed by atoms with van der Waals surface area (Å²) in [5, 5.41) is 7.88. The first-order valence-corrected chi connectivity index (χ1v) is 9.47. The molecule has 0 saturated carbocycles. The predicted molar refractivity (Wildman–Crippen MR) is 107 cm³/mol. The maximum atomic E-state index is 13.7. The third-order valence-electron chi connectivity index (χ3n) is 5.36. The van der Waals surface area contributed by atoms with E-state index in [1.807, 2.05) is 19.1 Å². The van der Waals surface area contributed by atoms with Crippen LogP contribution < -0.4 is 10.6 Å². The largest absolute Gasteiger partial charge is 0.435 e. The summed E-state index contributed by atoms with van der Waals surface area (Å²) in [5.41, 5.74) is 6.76. The van der Waals surface area contributed by atoms with Gasteiger partial charge in [-0.1, -0.05) is 22.9 Å². The number of hydrogen-bond donors (Lipinski definition) is 1. The molecule has 0 atom stereocenters. The van der Waals surface area contributed by atoms with Crippen LogP contribution in [0.15, 0.2) is 47.0 Å². The molecule has 1 aliphatic heterocycles. The molecule has 2 N–H and O–H groups in total. The first-order chi connectivity index (χ1) is 14.7. The third kappa shape index (κ3) is 3.02. The second-order valence-electron chi connectivity index (χ2n) is 7.38. The molecule has 7 nitrogen and oxygen atoms in total. The van der Waals surface area contributed by atoms with Crippen LogP contribution in [0, 0.1) is 6.92 Å². The molecule has 158 valence electrons. The Kier molecular flexibility index (Phi) is 4.07. The summed E-state index contributed by atoms with van der Waals surface area (Å²) in [6, 6.07) is 11.8. The highest BCUT2D eigenvalue weighted by molar-refractivity contribution is 6.07. The van der Waals surface area contributed by atoms with Crippen molar-refractivity contribution in [1.82, 2.24) is 14.9 Å². The number of fused-ring (bicyclic) bond motifs is 2. The van der Waals surface area contributed by atoms with E-state index in [1.54, 1.807) is 12.1 Å². The zero-order valence-electron chi connectivity index (χ0n) is 16.3. The molecule has 0 aliphatic carbocycles. The summed E-state index contributed by atoms with van der Waals surface area (Å²) in [6.45, 7) is 2.04. The minimum atomic E-state index is -4.69. The minimum absolute atomic E-state index is 0.0292. The molecule has 0 fully saturated rings. The van der Waals surface area contributed by atoms with Gasteiger partial charge in [-0.25, -0.2) is 4.68 Å². The van der Waals surface area contributed by atoms with Crippen molar-refractivity contribution in [3.63, 3.8) is 0 Å². The molecule has 1 amide bonds. The van der Waals surface area contributed by atoms with Gasteiger partial charge in [0.05, 0.1) is 11.1 Å². The average molecular weight is 427 g/mol. The van der Waals surface area contributed by atoms with Crippen LogP contribution in [0.1, 0.15) is 27.3 Å². The van der Waals surface area contributed by atoms with E-state index in [2.05, 4.69) is 10.3 Å². The Balaban J connectivity index is 1.69. The van der Waals surface area contributed by atoms with E-state index in [0.29, 0.717) is 16.7 Å². The molecule has 4 aromatic rings. The van der Waals surface area contributed by atoms with Gasteiger partial charge >= 0.3 is 6.18 Å². The lowest BCUT2D eigenvalue weighted by molar-refractivity contribution is -0.141. The number of carbonyl (C=O) groups is 1. The molecule has 5 rings (SSSR count). The van der Waals surface area contributed by atoms with E-state index < -0.39 is 17.8 Å². The Morgan fingerprint density at radius 1 is 1.10 bits per heavy atom. The fourth-order valence-corrected chi connectivity index (χ4v) is 3.82. The third-order valence-corrected chi connectivity index (χ3v) is 5.36. The number of rotatable bonds is 2. The number of hydrogen-bond acceptors (Lipinski definition) is 5. The van der Waals surface area contributed by atoms with Crippen LogP contribution in [0.3, 0.4) is 0 Å². The number of nitrogen functional groups attached to an aromatic ring is 1. The quantitative estimate of drug-likeness (QED) is 0.520. The molecule has 2 aromatic heterocycles. The lowest BCUT2D eigenvalue weighted by atomic mass is 10.0. The molecule has 0 radical (unpaired) electrons. The normalized spacial score (nSPS) is 14.3. The maximum Gasteiger partial charge on any atom is 0.435 e. The molecule has 0 bridgehead atoms. The first kappa shape index (κ1) is 19.2. The molecule has 1 aliphatic rings. The van der Waals surface area contributed by atoms with Crippen LogP contribution >= 0.6 is 0 Å². The smallest absolute Gasteiger partial charge is 0.380 e. The standard InChI is InChI=1S/C21H16F3N5O2/c1-11-2-4-12(5-3-11)28-9-8-14-17(20(28)30)29(26-18(14)21(22,23)24)13-6-7-16-15(10-13)19(25)27-31-16/h2-7,10H,8-9H2,1H3,(H2,25,27). The number of carbonyl (C=O) groups excluding carboxylic acids is 1. The van der Waals surface area contributed by atoms with Crippen LogP contribution in [-0.2, 0) is 12.6 Å². The monoisotopic (exact) mass is 427 g/mol. The Hall–Kier alpha value is -3.82. The lowest BCUT2D eigenvalue weighted by Gasteiger charge is -2.28. The summed E-state index contributed by atoms with van der Waals surface area (Å²) in [4.78, 5) is 14.8. The molecular weight excluding hydrogens is 411 g/mol. The number of benzene rings is 2. The molecule has 0 saturated heterocycles. The highest BCUT2D eigenvalue weighted by atomic mass is 19.4. The van der Waals surface area contributed by atoms with Gasteiger partial charge < -0.3 is 15.2 Å². The first-order valence-electron chi connectivity index (χ1n) is 9.47. The average Bonchev–Trinajstić information content (AvgIpc) is 3.30. The van der Waals surface area contributed by atoms with Gasteiger partial charge in [0.25, 0.3) is 5.91 Å². The van der Waals surface area contributed by atoms with Gasteiger partial charge in [-0.05, 0) is 43.7 Å². The van der Waals surface area contributed by atoms with Crippen LogP contribution in [0.2, 0.25) is 0 Å². The zero-order chi connectivity index (χ0) is 21.9. The van der Waals surface area contributed by atoms with Crippen LogP contribution in [-0.4, -0.2) is 27.4 Å². The maximum absolute atomic E-state index is 13.7. The van der Waals surface area contributed by atoms with Crippen molar-refractivity contribution in [1.29, 1.82) is 0 Å². The van der Waals surface area contributed by atoms with E-state index in [-0.39, 0.29) is 35.7 Å². The van der Waals surface area contributed by atoms with E-state index in [1.165, 1.54) is 23.1 Å².